The van der Waals surface area contributed by atoms with Gasteiger partial charge in [-0.2, -0.15) is 0 Å². The summed E-state index contributed by atoms with van der Waals surface area (Å²) in [5, 5.41) is 0. The lowest BCUT2D eigenvalue weighted by Crippen LogP contribution is -2.16. The molecular formula is C17H27NO. The van der Waals surface area contributed by atoms with E-state index in [-0.39, 0.29) is 5.78 Å². The third-order valence-corrected chi connectivity index (χ3v) is 3.90. The van der Waals surface area contributed by atoms with Crippen molar-refractivity contribution in [1.82, 2.24) is 0 Å². The van der Waals surface area contributed by atoms with E-state index in [0.29, 0.717) is 24.8 Å². The first-order valence-electron chi connectivity index (χ1n) is 7.26. The maximum absolute atomic E-state index is 12.3. The van der Waals surface area contributed by atoms with Crippen molar-refractivity contribution in [3.63, 3.8) is 0 Å². The van der Waals surface area contributed by atoms with Crippen LogP contribution in [-0.4, -0.2) is 12.3 Å². The van der Waals surface area contributed by atoms with Gasteiger partial charge in [0.1, 0.15) is 0 Å². The Morgan fingerprint density at radius 2 is 1.89 bits per heavy atom. The molecule has 0 aliphatic rings. The van der Waals surface area contributed by atoms with Crippen LogP contribution in [0.1, 0.15) is 54.6 Å². The summed E-state index contributed by atoms with van der Waals surface area (Å²) < 4.78 is 0. The fourth-order valence-corrected chi connectivity index (χ4v) is 2.60. The van der Waals surface area contributed by atoms with Crippen LogP contribution >= 0.6 is 0 Å². The molecule has 1 aromatic carbocycles. The summed E-state index contributed by atoms with van der Waals surface area (Å²) in [6, 6.07) is 6.05. The molecule has 0 radical (unpaired) electrons. The van der Waals surface area contributed by atoms with E-state index in [1.807, 2.05) is 19.1 Å². The highest BCUT2D eigenvalue weighted by atomic mass is 16.1. The van der Waals surface area contributed by atoms with Crippen LogP contribution in [0.4, 0.5) is 0 Å². The normalized spacial score (nSPS) is 12.7. The van der Waals surface area contributed by atoms with E-state index in [4.69, 9.17) is 5.73 Å². The molecule has 0 spiro atoms. The van der Waals surface area contributed by atoms with Gasteiger partial charge in [-0.3, -0.25) is 4.79 Å². The van der Waals surface area contributed by atoms with E-state index >= 15 is 0 Å². The van der Waals surface area contributed by atoms with E-state index in [0.717, 1.165) is 24.0 Å². The summed E-state index contributed by atoms with van der Waals surface area (Å²) in [7, 11) is 0. The molecule has 1 atom stereocenters. The SMILES string of the molecule is Cc1ccc(C(=O)CCC(CCN)C(C)C)c(C)c1. The second kappa shape index (κ2) is 7.44. The molecule has 0 bridgehead atoms. The zero-order valence-corrected chi connectivity index (χ0v) is 12.7. The predicted octanol–water partition coefficient (Wildman–Crippen LogP) is 3.89. The topological polar surface area (TPSA) is 43.1 Å². The minimum atomic E-state index is 0.264. The average molecular weight is 261 g/mol. The second-order valence-electron chi connectivity index (χ2n) is 5.86. The molecule has 0 fully saturated rings. The number of nitrogens with two attached hydrogens (primary N) is 1. The Kier molecular flexibility index (Phi) is 6.23. The molecule has 2 nitrogen and oxygen atoms in total. The largest absolute Gasteiger partial charge is 0.330 e. The summed E-state index contributed by atoms with van der Waals surface area (Å²) in [6.45, 7) is 9.20. The zero-order valence-electron chi connectivity index (χ0n) is 12.7. The van der Waals surface area contributed by atoms with Crippen molar-refractivity contribution in [2.24, 2.45) is 17.6 Å². The smallest absolute Gasteiger partial charge is 0.163 e. The Morgan fingerprint density at radius 1 is 1.21 bits per heavy atom. The summed E-state index contributed by atoms with van der Waals surface area (Å²) in [6.07, 6.45) is 2.59. The summed E-state index contributed by atoms with van der Waals surface area (Å²) in [4.78, 5) is 12.3. The van der Waals surface area contributed by atoms with E-state index in [1.54, 1.807) is 0 Å². The third kappa shape index (κ3) is 4.79. The van der Waals surface area contributed by atoms with Crippen LogP contribution in [0, 0.1) is 25.7 Å². The second-order valence-corrected chi connectivity index (χ2v) is 5.86. The molecule has 106 valence electrons. The van der Waals surface area contributed by atoms with Gasteiger partial charge in [0, 0.05) is 12.0 Å². The van der Waals surface area contributed by atoms with Crippen molar-refractivity contribution < 1.29 is 4.79 Å². The molecular weight excluding hydrogens is 234 g/mol. The fraction of sp³-hybridized carbons (Fsp3) is 0.588. The van der Waals surface area contributed by atoms with Crippen LogP contribution in [0.5, 0.6) is 0 Å². The van der Waals surface area contributed by atoms with Crippen LogP contribution in [-0.2, 0) is 0 Å². The van der Waals surface area contributed by atoms with Crippen molar-refractivity contribution >= 4 is 5.78 Å². The maximum atomic E-state index is 12.3. The number of hydrogen-bond donors (Lipinski definition) is 1. The molecule has 0 aliphatic carbocycles. The van der Waals surface area contributed by atoms with Crippen LogP contribution in [0.15, 0.2) is 18.2 Å². The van der Waals surface area contributed by atoms with Gasteiger partial charge in [0.2, 0.25) is 0 Å². The van der Waals surface area contributed by atoms with Crippen molar-refractivity contribution in [3.8, 4) is 0 Å². The van der Waals surface area contributed by atoms with Gasteiger partial charge in [0.25, 0.3) is 0 Å². The first-order chi connectivity index (χ1) is 8.95. The molecule has 0 saturated carbocycles. The molecule has 0 amide bonds. The number of ketones is 1. The lowest BCUT2D eigenvalue weighted by molar-refractivity contribution is 0.0968. The summed E-state index contributed by atoms with van der Waals surface area (Å²) >= 11 is 0. The Labute approximate surface area is 117 Å². The minimum Gasteiger partial charge on any atom is -0.330 e. The van der Waals surface area contributed by atoms with E-state index in [1.165, 1.54) is 5.56 Å². The summed E-state index contributed by atoms with van der Waals surface area (Å²) in [5.74, 6) is 1.41. The van der Waals surface area contributed by atoms with E-state index in [9.17, 15) is 4.79 Å². The van der Waals surface area contributed by atoms with Gasteiger partial charge in [-0.25, -0.2) is 0 Å². The Bertz CT molecular complexity index is 423. The molecule has 0 saturated heterocycles. The maximum Gasteiger partial charge on any atom is 0.163 e. The van der Waals surface area contributed by atoms with Crippen LogP contribution in [0.25, 0.3) is 0 Å². The van der Waals surface area contributed by atoms with Crippen LogP contribution in [0.3, 0.4) is 0 Å². The first kappa shape index (κ1) is 15.9. The van der Waals surface area contributed by atoms with Crippen LogP contribution < -0.4 is 5.73 Å². The molecule has 1 rings (SSSR count). The van der Waals surface area contributed by atoms with Gasteiger partial charge in [0.05, 0.1) is 0 Å². The number of benzene rings is 1. The van der Waals surface area contributed by atoms with Gasteiger partial charge in [-0.1, -0.05) is 37.6 Å². The van der Waals surface area contributed by atoms with Gasteiger partial charge in [-0.15, -0.1) is 0 Å². The molecule has 2 N–H and O–H groups in total. The molecule has 1 aromatic rings. The number of aryl methyl sites for hydroxylation is 2. The highest BCUT2D eigenvalue weighted by Crippen LogP contribution is 2.22. The van der Waals surface area contributed by atoms with E-state index < -0.39 is 0 Å². The molecule has 1 unspecified atom stereocenters. The van der Waals surface area contributed by atoms with Gasteiger partial charge in [0.15, 0.2) is 5.78 Å². The molecule has 0 heterocycles. The number of Topliss-reactive ketones (excluding diaryl/α,β-unsaturated/α-hetero) is 1. The first-order valence-corrected chi connectivity index (χ1v) is 7.26. The Morgan fingerprint density at radius 3 is 2.42 bits per heavy atom. The quantitative estimate of drug-likeness (QED) is 0.757. The fourth-order valence-electron chi connectivity index (χ4n) is 2.60. The third-order valence-electron chi connectivity index (χ3n) is 3.90. The number of hydrogen-bond acceptors (Lipinski definition) is 2. The Hall–Kier alpha value is -1.15. The van der Waals surface area contributed by atoms with Gasteiger partial charge in [-0.05, 0) is 50.6 Å². The highest BCUT2D eigenvalue weighted by molar-refractivity contribution is 5.97. The molecule has 0 aliphatic heterocycles. The standard InChI is InChI=1S/C17H27NO/c1-12(2)15(9-10-18)6-8-17(19)16-7-5-13(3)11-14(16)4/h5,7,11-12,15H,6,8-10,18H2,1-4H3. The Balaban J connectivity index is 2.64. The predicted molar refractivity (Wildman–Crippen MR) is 81.5 cm³/mol. The highest BCUT2D eigenvalue weighted by Gasteiger charge is 2.16. The number of carbonyl (C=O) groups excluding carboxylic acids is 1. The van der Waals surface area contributed by atoms with Crippen molar-refractivity contribution in [2.45, 2.75) is 47.0 Å². The monoisotopic (exact) mass is 261 g/mol. The number of rotatable bonds is 7. The minimum absolute atomic E-state index is 0.264. The van der Waals surface area contributed by atoms with Crippen molar-refractivity contribution in [1.29, 1.82) is 0 Å². The molecule has 2 heteroatoms. The van der Waals surface area contributed by atoms with E-state index in [2.05, 4.69) is 26.8 Å². The van der Waals surface area contributed by atoms with Crippen molar-refractivity contribution in [2.75, 3.05) is 6.54 Å². The van der Waals surface area contributed by atoms with Gasteiger partial charge >= 0.3 is 0 Å². The molecule has 19 heavy (non-hydrogen) atoms. The number of carbonyl (C=O) groups is 1. The zero-order chi connectivity index (χ0) is 14.4. The lowest BCUT2D eigenvalue weighted by Gasteiger charge is -2.19. The summed E-state index contributed by atoms with van der Waals surface area (Å²) in [5.41, 5.74) is 8.81. The van der Waals surface area contributed by atoms with Gasteiger partial charge < -0.3 is 5.73 Å². The van der Waals surface area contributed by atoms with Crippen LogP contribution in [0.2, 0.25) is 0 Å². The average Bonchev–Trinajstić information content (AvgIpc) is 2.33. The lowest BCUT2D eigenvalue weighted by atomic mass is 9.86. The van der Waals surface area contributed by atoms with Crippen molar-refractivity contribution in [3.05, 3.63) is 34.9 Å². The molecule has 0 aromatic heterocycles.